The lowest BCUT2D eigenvalue weighted by molar-refractivity contribution is -0.121. The number of amides is 1. The maximum atomic E-state index is 12.1. The highest BCUT2D eigenvalue weighted by Gasteiger charge is 2.13. The van der Waals surface area contributed by atoms with Crippen molar-refractivity contribution in [2.75, 3.05) is 14.2 Å². The molecule has 0 aliphatic rings. The van der Waals surface area contributed by atoms with Crippen LogP contribution in [0.1, 0.15) is 17.9 Å². The van der Waals surface area contributed by atoms with Gasteiger partial charge in [-0.1, -0.05) is 5.16 Å². The molecule has 0 atom stereocenters. The van der Waals surface area contributed by atoms with E-state index in [1.807, 2.05) is 12.1 Å². The summed E-state index contributed by atoms with van der Waals surface area (Å²) in [5, 5.41) is 6.68. The second kappa shape index (κ2) is 8.19. The predicted octanol–water partition coefficient (Wildman–Crippen LogP) is 2.60. The first-order chi connectivity index (χ1) is 12.7. The molecular weight excluding hydrogens is 338 g/mol. The number of methoxy groups -OCH3 is 2. The van der Waals surface area contributed by atoms with Crippen LogP contribution in [-0.2, 0) is 17.8 Å². The summed E-state index contributed by atoms with van der Waals surface area (Å²) in [6.07, 6.45) is 2.11. The normalized spacial score (nSPS) is 10.5. The maximum Gasteiger partial charge on any atom is 0.238 e. The molecule has 0 saturated carbocycles. The van der Waals surface area contributed by atoms with Crippen molar-refractivity contribution < 1.29 is 23.2 Å². The lowest BCUT2D eigenvalue weighted by Crippen LogP contribution is -2.23. The van der Waals surface area contributed by atoms with Crippen molar-refractivity contribution in [3.05, 3.63) is 48.0 Å². The van der Waals surface area contributed by atoms with E-state index in [1.165, 1.54) is 6.26 Å². The van der Waals surface area contributed by atoms with Gasteiger partial charge in [-0.05, 0) is 24.3 Å². The first-order valence-corrected chi connectivity index (χ1v) is 8.03. The molecule has 1 aromatic carbocycles. The number of carbonyl (C=O) groups is 1. The number of aryl methyl sites for hydroxylation is 1. The molecule has 26 heavy (non-hydrogen) atoms. The van der Waals surface area contributed by atoms with Crippen LogP contribution >= 0.6 is 0 Å². The van der Waals surface area contributed by atoms with Crippen molar-refractivity contribution in [1.29, 1.82) is 0 Å². The van der Waals surface area contributed by atoms with Crippen LogP contribution in [0.25, 0.3) is 11.6 Å². The molecule has 3 rings (SSSR count). The first kappa shape index (κ1) is 17.5. The third-order valence-electron chi connectivity index (χ3n) is 3.75. The largest absolute Gasteiger partial charge is 0.497 e. The Morgan fingerprint density at radius 2 is 2.12 bits per heavy atom. The number of hydrogen-bond donors (Lipinski definition) is 1. The molecule has 3 aromatic rings. The molecule has 0 saturated heterocycles. The molecule has 0 bridgehead atoms. The zero-order chi connectivity index (χ0) is 18.4. The lowest BCUT2D eigenvalue weighted by Gasteiger charge is -2.11. The van der Waals surface area contributed by atoms with E-state index >= 15 is 0 Å². The van der Waals surface area contributed by atoms with E-state index in [0.29, 0.717) is 41.9 Å². The van der Waals surface area contributed by atoms with Crippen molar-refractivity contribution in [2.24, 2.45) is 0 Å². The zero-order valence-electron chi connectivity index (χ0n) is 14.5. The van der Waals surface area contributed by atoms with E-state index in [1.54, 1.807) is 32.4 Å². The third kappa shape index (κ3) is 4.21. The van der Waals surface area contributed by atoms with Crippen LogP contribution in [0.15, 0.2) is 45.5 Å². The second-order valence-corrected chi connectivity index (χ2v) is 5.44. The van der Waals surface area contributed by atoms with Gasteiger partial charge in [-0.25, -0.2) is 0 Å². The predicted molar refractivity (Wildman–Crippen MR) is 91.7 cm³/mol. The summed E-state index contributed by atoms with van der Waals surface area (Å²) in [7, 11) is 3.16. The molecule has 0 fully saturated rings. The Kier molecular flexibility index (Phi) is 5.52. The average Bonchev–Trinajstić information content (AvgIpc) is 3.35. The summed E-state index contributed by atoms with van der Waals surface area (Å²) in [6, 6.07) is 8.93. The molecular formula is C18H19N3O5. The van der Waals surface area contributed by atoms with Crippen molar-refractivity contribution in [2.45, 2.75) is 19.4 Å². The number of furan rings is 1. The lowest BCUT2D eigenvalue weighted by atomic mass is 10.2. The molecule has 2 heterocycles. The first-order valence-electron chi connectivity index (χ1n) is 8.03. The van der Waals surface area contributed by atoms with Crippen molar-refractivity contribution >= 4 is 5.91 Å². The number of nitrogens with zero attached hydrogens (tertiary/aromatic N) is 2. The highest BCUT2D eigenvalue weighted by atomic mass is 16.5. The summed E-state index contributed by atoms with van der Waals surface area (Å²) in [4.78, 5) is 16.3. The molecule has 0 spiro atoms. The number of carbonyl (C=O) groups excluding carboxylic acids is 1. The van der Waals surface area contributed by atoms with Crippen molar-refractivity contribution in [1.82, 2.24) is 15.5 Å². The average molecular weight is 357 g/mol. The van der Waals surface area contributed by atoms with E-state index in [4.69, 9.17) is 18.4 Å². The Morgan fingerprint density at radius 1 is 1.23 bits per heavy atom. The van der Waals surface area contributed by atoms with Gasteiger partial charge >= 0.3 is 0 Å². The minimum Gasteiger partial charge on any atom is -0.497 e. The van der Waals surface area contributed by atoms with Gasteiger partial charge in [0.1, 0.15) is 11.5 Å². The van der Waals surface area contributed by atoms with Crippen LogP contribution in [0.4, 0.5) is 0 Å². The van der Waals surface area contributed by atoms with Crippen LogP contribution in [0.2, 0.25) is 0 Å². The molecule has 2 aromatic heterocycles. The Morgan fingerprint density at radius 3 is 2.85 bits per heavy atom. The Bertz CT molecular complexity index is 858. The van der Waals surface area contributed by atoms with Crippen LogP contribution in [-0.4, -0.2) is 30.3 Å². The third-order valence-corrected chi connectivity index (χ3v) is 3.75. The Labute approximate surface area is 150 Å². The van der Waals surface area contributed by atoms with Gasteiger partial charge in [0.05, 0.1) is 20.5 Å². The molecule has 0 unspecified atom stereocenters. The highest BCUT2D eigenvalue weighted by molar-refractivity contribution is 5.76. The number of rotatable bonds is 8. The summed E-state index contributed by atoms with van der Waals surface area (Å²) in [5.41, 5.74) is 0.861. The van der Waals surface area contributed by atoms with Crippen molar-refractivity contribution in [3.63, 3.8) is 0 Å². The van der Waals surface area contributed by atoms with Gasteiger partial charge in [-0.2, -0.15) is 4.98 Å². The van der Waals surface area contributed by atoms with E-state index in [9.17, 15) is 4.79 Å². The van der Waals surface area contributed by atoms with Crippen molar-refractivity contribution in [3.8, 4) is 23.1 Å². The van der Waals surface area contributed by atoms with E-state index in [2.05, 4.69) is 15.5 Å². The molecule has 136 valence electrons. The summed E-state index contributed by atoms with van der Waals surface area (Å²) >= 11 is 0. The number of ether oxygens (including phenoxy) is 2. The van der Waals surface area contributed by atoms with Gasteiger partial charge in [0, 0.05) is 31.0 Å². The molecule has 8 nitrogen and oxygen atoms in total. The Hall–Kier alpha value is -3.29. The van der Waals surface area contributed by atoms with Crippen LogP contribution in [0.5, 0.6) is 11.5 Å². The van der Waals surface area contributed by atoms with E-state index in [0.717, 1.165) is 5.56 Å². The summed E-state index contributed by atoms with van der Waals surface area (Å²) in [5.74, 6) is 2.50. The van der Waals surface area contributed by atoms with Gasteiger partial charge in [-0.3, -0.25) is 4.79 Å². The van der Waals surface area contributed by atoms with Gasteiger partial charge in [0.25, 0.3) is 0 Å². The van der Waals surface area contributed by atoms with E-state index in [-0.39, 0.29) is 12.3 Å². The number of nitrogens with one attached hydrogen (secondary N) is 1. The molecule has 1 N–H and O–H groups in total. The standard InChI is InChI=1S/C18H19N3O5/c1-23-13-6-5-12(15(10-13)24-2)11-19-16(22)7-8-17-20-18(21-26-17)14-4-3-9-25-14/h3-6,9-10H,7-8,11H2,1-2H3,(H,19,22). The fourth-order valence-electron chi connectivity index (χ4n) is 2.36. The Balaban J connectivity index is 1.50. The summed E-state index contributed by atoms with van der Waals surface area (Å²) in [6.45, 7) is 0.355. The smallest absolute Gasteiger partial charge is 0.238 e. The van der Waals surface area contributed by atoms with Gasteiger partial charge in [-0.15, -0.1) is 0 Å². The van der Waals surface area contributed by atoms with Crippen LogP contribution in [0.3, 0.4) is 0 Å². The SMILES string of the molecule is COc1ccc(CNC(=O)CCc2nc(-c3ccco3)no2)c(OC)c1. The molecule has 1 amide bonds. The monoisotopic (exact) mass is 357 g/mol. The van der Waals surface area contributed by atoms with E-state index < -0.39 is 0 Å². The number of hydrogen-bond acceptors (Lipinski definition) is 7. The number of aromatic nitrogens is 2. The summed E-state index contributed by atoms with van der Waals surface area (Å²) < 4.78 is 20.8. The van der Waals surface area contributed by atoms with Gasteiger partial charge in [0.2, 0.25) is 17.6 Å². The molecule has 0 radical (unpaired) electrons. The quantitative estimate of drug-likeness (QED) is 0.661. The molecule has 0 aliphatic carbocycles. The topological polar surface area (TPSA) is 99.6 Å². The van der Waals surface area contributed by atoms with Gasteiger partial charge in [0.15, 0.2) is 5.76 Å². The van der Waals surface area contributed by atoms with Crippen LogP contribution < -0.4 is 14.8 Å². The zero-order valence-corrected chi connectivity index (χ0v) is 14.5. The molecule has 0 aliphatic heterocycles. The fourth-order valence-corrected chi connectivity index (χ4v) is 2.36. The minimum atomic E-state index is -0.124. The highest BCUT2D eigenvalue weighted by Crippen LogP contribution is 2.24. The van der Waals surface area contributed by atoms with Gasteiger partial charge < -0.3 is 23.7 Å². The number of benzene rings is 1. The minimum absolute atomic E-state index is 0.124. The fraction of sp³-hybridized carbons (Fsp3) is 0.278. The molecule has 8 heteroatoms. The van der Waals surface area contributed by atoms with Crippen LogP contribution in [0, 0.1) is 0 Å². The second-order valence-electron chi connectivity index (χ2n) is 5.44. The maximum absolute atomic E-state index is 12.1.